The Morgan fingerprint density at radius 1 is 0.800 bits per heavy atom. The number of aromatic nitrogens is 1. The summed E-state index contributed by atoms with van der Waals surface area (Å²) >= 11 is 6.27. The molecule has 0 bridgehead atoms. The van der Waals surface area contributed by atoms with Crippen molar-refractivity contribution in [3.63, 3.8) is 0 Å². The molecule has 0 radical (unpaired) electrons. The smallest absolute Gasteiger partial charge is 0.257 e. The van der Waals surface area contributed by atoms with Crippen LogP contribution in [0.1, 0.15) is 15.9 Å². The summed E-state index contributed by atoms with van der Waals surface area (Å²) in [4.78, 5) is 17.7. The van der Waals surface area contributed by atoms with E-state index in [0.29, 0.717) is 27.8 Å². The number of para-hydroxylation sites is 1. The van der Waals surface area contributed by atoms with Gasteiger partial charge in [-0.1, -0.05) is 60.1 Å². The first-order valence-electron chi connectivity index (χ1n) is 11.1. The van der Waals surface area contributed by atoms with Gasteiger partial charge in [-0.2, -0.15) is 0 Å². The number of carbonyl (C=O) groups excluding carboxylic acids is 1. The fourth-order valence-corrected chi connectivity index (χ4v) is 3.89. The van der Waals surface area contributed by atoms with Crippen LogP contribution in [0.5, 0.6) is 11.5 Å². The molecule has 0 saturated carbocycles. The lowest BCUT2D eigenvalue weighted by Gasteiger charge is -2.13. The third kappa shape index (κ3) is 5.10. The fourth-order valence-electron chi connectivity index (χ4n) is 3.71. The van der Waals surface area contributed by atoms with Crippen LogP contribution in [0, 0.1) is 6.92 Å². The Bertz CT molecular complexity index is 1500. The van der Waals surface area contributed by atoms with Gasteiger partial charge in [0, 0.05) is 28.0 Å². The number of pyridine rings is 1. The summed E-state index contributed by atoms with van der Waals surface area (Å²) in [6.07, 6.45) is 1.59. The van der Waals surface area contributed by atoms with E-state index in [4.69, 9.17) is 16.3 Å². The van der Waals surface area contributed by atoms with Gasteiger partial charge in [-0.25, -0.2) is 4.98 Å². The molecule has 0 aliphatic rings. The second-order valence-electron chi connectivity index (χ2n) is 8.05. The van der Waals surface area contributed by atoms with E-state index in [1.807, 2.05) is 104 Å². The summed E-state index contributed by atoms with van der Waals surface area (Å²) in [7, 11) is 0. The average Bonchev–Trinajstić information content (AvgIpc) is 2.88. The van der Waals surface area contributed by atoms with E-state index in [9.17, 15) is 4.79 Å². The lowest BCUT2D eigenvalue weighted by atomic mass is 10.1. The molecule has 172 valence electrons. The summed E-state index contributed by atoms with van der Waals surface area (Å²) in [5.41, 5.74) is 2.98. The largest absolute Gasteiger partial charge is 0.457 e. The van der Waals surface area contributed by atoms with Gasteiger partial charge in [-0.3, -0.25) is 4.79 Å². The summed E-state index contributed by atoms with van der Waals surface area (Å²) in [6, 6.07) is 30.2. The number of halogens is 1. The first-order chi connectivity index (χ1) is 17.1. The highest BCUT2D eigenvalue weighted by Crippen LogP contribution is 2.29. The molecule has 6 heteroatoms. The number of nitrogens with one attached hydrogen (secondary N) is 2. The first-order valence-corrected chi connectivity index (χ1v) is 11.5. The Hall–Kier alpha value is -4.35. The normalized spacial score (nSPS) is 10.7. The maximum absolute atomic E-state index is 13.1. The molecule has 5 aromatic rings. The SMILES string of the molecule is Cc1ccc(Nc2ncc(C(=O)Nc3ccc(Oc4ccccc4)cc3)c3ccccc23)cc1Cl. The van der Waals surface area contributed by atoms with E-state index >= 15 is 0 Å². The van der Waals surface area contributed by atoms with Crippen LogP contribution in [-0.4, -0.2) is 10.9 Å². The molecule has 0 unspecified atom stereocenters. The number of carbonyl (C=O) groups is 1. The van der Waals surface area contributed by atoms with Crippen molar-refractivity contribution in [2.24, 2.45) is 0 Å². The molecule has 1 amide bonds. The number of amides is 1. The lowest BCUT2D eigenvalue weighted by molar-refractivity contribution is 0.102. The monoisotopic (exact) mass is 479 g/mol. The highest BCUT2D eigenvalue weighted by molar-refractivity contribution is 6.31. The molecule has 0 saturated heterocycles. The molecular weight excluding hydrogens is 458 g/mol. The van der Waals surface area contributed by atoms with Crippen molar-refractivity contribution >= 4 is 45.5 Å². The molecule has 35 heavy (non-hydrogen) atoms. The van der Waals surface area contributed by atoms with Crippen molar-refractivity contribution in [3.05, 3.63) is 119 Å². The third-order valence-corrected chi connectivity index (χ3v) is 5.97. The van der Waals surface area contributed by atoms with E-state index in [1.165, 1.54) is 0 Å². The average molecular weight is 480 g/mol. The Morgan fingerprint density at radius 3 is 2.20 bits per heavy atom. The van der Waals surface area contributed by atoms with Crippen molar-refractivity contribution < 1.29 is 9.53 Å². The highest BCUT2D eigenvalue weighted by atomic mass is 35.5. The minimum Gasteiger partial charge on any atom is -0.457 e. The van der Waals surface area contributed by atoms with Crippen molar-refractivity contribution in [1.29, 1.82) is 0 Å². The maximum Gasteiger partial charge on any atom is 0.257 e. The maximum atomic E-state index is 13.1. The quantitative estimate of drug-likeness (QED) is 0.259. The molecule has 0 atom stereocenters. The third-order valence-electron chi connectivity index (χ3n) is 5.57. The number of nitrogens with zero attached hydrogens (tertiary/aromatic N) is 1. The topological polar surface area (TPSA) is 63.2 Å². The summed E-state index contributed by atoms with van der Waals surface area (Å²) < 4.78 is 5.82. The van der Waals surface area contributed by atoms with Gasteiger partial charge in [0.25, 0.3) is 5.91 Å². The molecule has 1 heterocycles. The number of benzene rings is 4. The van der Waals surface area contributed by atoms with Gasteiger partial charge in [0.05, 0.1) is 5.56 Å². The van der Waals surface area contributed by atoms with Crippen LogP contribution in [0.15, 0.2) is 103 Å². The van der Waals surface area contributed by atoms with Crippen LogP contribution in [0.25, 0.3) is 10.8 Å². The number of aryl methyl sites for hydroxylation is 1. The zero-order valence-electron chi connectivity index (χ0n) is 19.0. The number of hydrogen-bond acceptors (Lipinski definition) is 4. The molecule has 1 aromatic heterocycles. The van der Waals surface area contributed by atoms with Crippen LogP contribution in [0.4, 0.5) is 17.2 Å². The van der Waals surface area contributed by atoms with Gasteiger partial charge >= 0.3 is 0 Å². The molecule has 2 N–H and O–H groups in total. The van der Waals surface area contributed by atoms with Gasteiger partial charge in [-0.15, -0.1) is 0 Å². The summed E-state index contributed by atoms with van der Waals surface area (Å²) in [6.45, 7) is 1.96. The number of anilines is 3. The molecular formula is C29H22ClN3O2. The standard InChI is InChI=1S/C29H22ClN3O2/c1-19-11-12-21(17-27(19)30)32-28-25-10-6-5-9-24(25)26(18-31-28)29(34)33-20-13-15-23(16-14-20)35-22-7-3-2-4-8-22/h2-18H,1H3,(H,31,32)(H,33,34). The van der Waals surface area contributed by atoms with E-state index in [0.717, 1.165) is 27.8 Å². The van der Waals surface area contributed by atoms with Crippen LogP contribution < -0.4 is 15.4 Å². The zero-order valence-corrected chi connectivity index (χ0v) is 19.7. The molecule has 0 aliphatic heterocycles. The number of hydrogen-bond donors (Lipinski definition) is 2. The molecule has 5 rings (SSSR count). The molecule has 0 aliphatic carbocycles. The minimum atomic E-state index is -0.240. The van der Waals surface area contributed by atoms with Gasteiger partial charge in [0.2, 0.25) is 0 Å². The highest BCUT2D eigenvalue weighted by Gasteiger charge is 2.14. The Morgan fingerprint density at radius 2 is 1.46 bits per heavy atom. The van der Waals surface area contributed by atoms with E-state index in [-0.39, 0.29) is 5.91 Å². The minimum absolute atomic E-state index is 0.240. The van der Waals surface area contributed by atoms with E-state index in [1.54, 1.807) is 6.20 Å². The van der Waals surface area contributed by atoms with Crippen LogP contribution in [0.3, 0.4) is 0 Å². The zero-order chi connectivity index (χ0) is 24.2. The van der Waals surface area contributed by atoms with Gasteiger partial charge in [0.15, 0.2) is 0 Å². The van der Waals surface area contributed by atoms with Crippen LogP contribution >= 0.6 is 11.6 Å². The molecule has 0 fully saturated rings. The van der Waals surface area contributed by atoms with Crippen LogP contribution in [0.2, 0.25) is 5.02 Å². The molecule has 4 aromatic carbocycles. The predicted molar refractivity (Wildman–Crippen MR) is 142 cm³/mol. The van der Waals surface area contributed by atoms with Gasteiger partial charge < -0.3 is 15.4 Å². The molecule has 0 spiro atoms. The lowest BCUT2D eigenvalue weighted by Crippen LogP contribution is -2.13. The van der Waals surface area contributed by atoms with Crippen LogP contribution in [-0.2, 0) is 0 Å². The number of ether oxygens (including phenoxy) is 1. The molecule has 5 nitrogen and oxygen atoms in total. The van der Waals surface area contributed by atoms with E-state index in [2.05, 4.69) is 15.6 Å². The summed E-state index contributed by atoms with van der Waals surface area (Å²) in [5.74, 6) is 1.85. The number of rotatable bonds is 6. The second-order valence-corrected chi connectivity index (χ2v) is 8.46. The van der Waals surface area contributed by atoms with Crippen molar-refractivity contribution in [1.82, 2.24) is 4.98 Å². The number of fused-ring (bicyclic) bond motifs is 1. The van der Waals surface area contributed by atoms with Crippen molar-refractivity contribution in [2.45, 2.75) is 6.92 Å². The van der Waals surface area contributed by atoms with E-state index < -0.39 is 0 Å². The predicted octanol–water partition coefficient (Wildman–Crippen LogP) is 7.98. The fraction of sp³-hybridized carbons (Fsp3) is 0.0345. The van der Waals surface area contributed by atoms with Gasteiger partial charge in [-0.05, 0) is 66.4 Å². The van der Waals surface area contributed by atoms with Crippen molar-refractivity contribution in [3.8, 4) is 11.5 Å². The first kappa shape index (κ1) is 22.4. The van der Waals surface area contributed by atoms with Crippen molar-refractivity contribution in [2.75, 3.05) is 10.6 Å². The Kier molecular flexibility index (Phi) is 6.33. The Labute approximate surface area is 208 Å². The van der Waals surface area contributed by atoms with Gasteiger partial charge in [0.1, 0.15) is 17.3 Å². The second kappa shape index (κ2) is 9.87. The Balaban J connectivity index is 1.36. The summed E-state index contributed by atoms with van der Waals surface area (Å²) in [5, 5.41) is 8.58.